The summed E-state index contributed by atoms with van der Waals surface area (Å²) >= 11 is 12.2. The lowest BCUT2D eigenvalue weighted by Crippen LogP contribution is -2.13. The maximum Gasteiger partial charge on any atom is 0.257 e. The first kappa shape index (κ1) is 16.2. The molecule has 24 heavy (non-hydrogen) atoms. The van der Waals surface area contributed by atoms with E-state index in [1.807, 2.05) is 0 Å². The molecule has 7 nitrogen and oxygen atoms in total. The highest BCUT2D eigenvalue weighted by atomic mass is 35.5. The van der Waals surface area contributed by atoms with E-state index in [1.54, 1.807) is 36.4 Å². The molecule has 0 atom stereocenters. The van der Waals surface area contributed by atoms with Gasteiger partial charge in [0.25, 0.3) is 5.91 Å². The van der Waals surface area contributed by atoms with Gasteiger partial charge in [-0.15, -0.1) is 5.10 Å². The van der Waals surface area contributed by atoms with E-state index in [-0.39, 0.29) is 11.5 Å². The maximum absolute atomic E-state index is 12.5. The maximum atomic E-state index is 12.5. The van der Waals surface area contributed by atoms with Gasteiger partial charge in [-0.2, -0.15) is 0 Å². The first-order valence-corrected chi connectivity index (χ1v) is 7.52. The summed E-state index contributed by atoms with van der Waals surface area (Å²) in [5.74, 6) is 0.143. The molecule has 3 aromatic rings. The number of hydrogen-bond acceptors (Lipinski definition) is 5. The summed E-state index contributed by atoms with van der Waals surface area (Å²) in [6.07, 6.45) is 1.42. The van der Waals surface area contributed by atoms with Crippen molar-refractivity contribution in [3.63, 3.8) is 0 Å². The number of carbonyl (C=O) groups is 1. The lowest BCUT2D eigenvalue weighted by atomic mass is 10.1. The van der Waals surface area contributed by atoms with E-state index in [0.29, 0.717) is 27.2 Å². The number of halogens is 2. The lowest BCUT2D eigenvalue weighted by molar-refractivity contribution is 0.102. The summed E-state index contributed by atoms with van der Waals surface area (Å²) in [5.41, 5.74) is 1.42. The molecule has 3 rings (SSSR count). The lowest BCUT2D eigenvalue weighted by Gasteiger charge is -2.10. The summed E-state index contributed by atoms with van der Waals surface area (Å²) in [4.78, 5) is 12.5. The monoisotopic (exact) mass is 363 g/mol. The number of methoxy groups -OCH3 is 1. The Balaban J connectivity index is 1.87. The Hall–Kier alpha value is -2.64. The Morgan fingerprint density at radius 1 is 1.17 bits per heavy atom. The van der Waals surface area contributed by atoms with Gasteiger partial charge in [-0.1, -0.05) is 23.2 Å². The van der Waals surface area contributed by atoms with Crippen LogP contribution in [-0.4, -0.2) is 33.2 Å². The second-order valence-electron chi connectivity index (χ2n) is 4.72. The van der Waals surface area contributed by atoms with Crippen LogP contribution in [0.15, 0.2) is 42.7 Å². The average Bonchev–Trinajstić information content (AvgIpc) is 3.10. The van der Waals surface area contributed by atoms with Crippen LogP contribution < -0.4 is 10.1 Å². The molecule has 9 heteroatoms. The molecule has 0 saturated heterocycles. The first-order valence-electron chi connectivity index (χ1n) is 6.76. The van der Waals surface area contributed by atoms with Crippen molar-refractivity contribution in [1.82, 2.24) is 20.2 Å². The number of rotatable bonds is 4. The quantitative estimate of drug-likeness (QED) is 0.769. The number of aromatic nitrogens is 4. The van der Waals surface area contributed by atoms with Crippen molar-refractivity contribution in [2.45, 2.75) is 0 Å². The zero-order valence-corrected chi connectivity index (χ0v) is 13.9. The molecule has 0 fully saturated rings. The molecule has 0 spiro atoms. The van der Waals surface area contributed by atoms with Crippen molar-refractivity contribution in [1.29, 1.82) is 0 Å². The van der Waals surface area contributed by atoms with E-state index in [9.17, 15) is 4.79 Å². The van der Waals surface area contributed by atoms with Crippen molar-refractivity contribution < 1.29 is 9.53 Å². The van der Waals surface area contributed by atoms with Gasteiger partial charge in [-0.25, -0.2) is 4.68 Å². The number of nitrogens with one attached hydrogen (secondary N) is 1. The fourth-order valence-electron chi connectivity index (χ4n) is 2.05. The minimum atomic E-state index is -0.379. The summed E-state index contributed by atoms with van der Waals surface area (Å²) in [5, 5.41) is 14.3. The zero-order chi connectivity index (χ0) is 17.1. The highest BCUT2D eigenvalue weighted by Gasteiger charge is 2.13. The molecule has 0 saturated carbocycles. The smallest absolute Gasteiger partial charge is 0.257 e. The normalized spacial score (nSPS) is 10.5. The molecule has 0 aliphatic rings. The number of hydrogen-bond donors (Lipinski definition) is 1. The van der Waals surface area contributed by atoms with E-state index in [2.05, 4.69) is 20.8 Å². The molecule has 122 valence electrons. The van der Waals surface area contributed by atoms with Crippen molar-refractivity contribution >= 4 is 34.8 Å². The Morgan fingerprint density at radius 2 is 2.00 bits per heavy atom. The van der Waals surface area contributed by atoms with Gasteiger partial charge in [0.2, 0.25) is 0 Å². The van der Waals surface area contributed by atoms with Gasteiger partial charge in [0.15, 0.2) is 0 Å². The van der Waals surface area contributed by atoms with Gasteiger partial charge >= 0.3 is 0 Å². The van der Waals surface area contributed by atoms with Crippen molar-refractivity contribution in [3.05, 3.63) is 58.3 Å². The highest BCUT2D eigenvalue weighted by Crippen LogP contribution is 2.28. The van der Waals surface area contributed by atoms with Crippen LogP contribution in [0.3, 0.4) is 0 Å². The molecule has 1 N–H and O–H groups in total. The van der Waals surface area contributed by atoms with Crippen LogP contribution >= 0.6 is 23.2 Å². The molecule has 0 bridgehead atoms. The average molecular weight is 364 g/mol. The molecule has 0 aliphatic heterocycles. The van der Waals surface area contributed by atoms with Crippen molar-refractivity contribution in [2.75, 3.05) is 12.4 Å². The molecule has 1 heterocycles. The van der Waals surface area contributed by atoms with Gasteiger partial charge < -0.3 is 10.1 Å². The molecule has 1 aromatic heterocycles. The van der Waals surface area contributed by atoms with Crippen LogP contribution in [0.5, 0.6) is 5.75 Å². The van der Waals surface area contributed by atoms with E-state index in [1.165, 1.54) is 18.1 Å². The highest BCUT2D eigenvalue weighted by molar-refractivity contribution is 6.34. The van der Waals surface area contributed by atoms with Gasteiger partial charge in [0, 0.05) is 5.69 Å². The van der Waals surface area contributed by atoms with Crippen LogP contribution in [0.2, 0.25) is 10.0 Å². The molecule has 0 unspecified atom stereocenters. The van der Waals surface area contributed by atoms with Crippen LogP contribution in [-0.2, 0) is 0 Å². The number of anilines is 1. The number of nitrogens with zero attached hydrogens (tertiary/aromatic N) is 4. The summed E-state index contributed by atoms with van der Waals surface area (Å²) in [6, 6.07) is 9.85. The number of amides is 1. The third kappa shape index (κ3) is 3.32. The van der Waals surface area contributed by atoms with E-state index in [0.717, 1.165) is 0 Å². The van der Waals surface area contributed by atoms with Gasteiger partial charge in [-0.05, 0) is 46.8 Å². The number of tetrazole rings is 1. The van der Waals surface area contributed by atoms with Crippen LogP contribution in [0.4, 0.5) is 5.69 Å². The van der Waals surface area contributed by atoms with E-state index in [4.69, 9.17) is 27.9 Å². The van der Waals surface area contributed by atoms with Crippen LogP contribution in [0.1, 0.15) is 10.4 Å². The van der Waals surface area contributed by atoms with Crippen LogP contribution in [0.25, 0.3) is 5.69 Å². The number of ether oxygens (including phenoxy) is 1. The predicted octanol–water partition coefficient (Wildman–Crippen LogP) is 3.23. The van der Waals surface area contributed by atoms with Gasteiger partial charge in [0.1, 0.15) is 12.1 Å². The Labute approximate surface area is 147 Å². The molecule has 2 aromatic carbocycles. The van der Waals surface area contributed by atoms with Crippen molar-refractivity contribution in [3.8, 4) is 11.4 Å². The fraction of sp³-hybridized carbons (Fsp3) is 0.0667. The molecule has 1 amide bonds. The minimum absolute atomic E-state index is 0.289. The Kier molecular flexibility index (Phi) is 4.64. The summed E-state index contributed by atoms with van der Waals surface area (Å²) in [7, 11) is 1.52. The SMILES string of the molecule is COc1ccc(NC(=O)c2cc(-n3cnnn3)ccc2Cl)cc1Cl. The summed E-state index contributed by atoms with van der Waals surface area (Å²) < 4.78 is 6.51. The second kappa shape index (κ2) is 6.86. The molecule has 0 radical (unpaired) electrons. The third-order valence-corrected chi connectivity index (χ3v) is 3.84. The minimum Gasteiger partial charge on any atom is -0.495 e. The largest absolute Gasteiger partial charge is 0.495 e. The standard InChI is InChI=1S/C15H11Cl2N5O2/c1-24-14-5-2-9(6-13(14)17)19-15(23)11-7-10(3-4-12(11)16)22-8-18-20-21-22/h2-8H,1H3,(H,19,23). The van der Waals surface area contributed by atoms with Gasteiger partial charge in [-0.3, -0.25) is 4.79 Å². The van der Waals surface area contributed by atoms with E-state index >= 15 is 0 Å². The Morgan fingerprint density at radius 3 is 2.67 bits per heavy atom. The molecular formula is C15H11Cl2N5O2. The van der Waals surface area contributed by atoms with E-state index < -0.39 is 0 Å². The predicted molar refractivity (Wildman–Crippen MR) is 90.1 cm³/mol. The van der Waals surface area contributed by atoms with Crippen molar-refractivity contribution in [2.24, 2.45) is 0 Å². The number of benzene rings is 2. The molecular weight excluding hydrogens is 353 g/mol. The Bertz CT molecular complexity index is 884. The summed E-state index contributed by atoms with van der Waals surface area (Å²) in [6.45, 7) is 0. The second-order valence-corrected chi connectivity index (χ2v) is 5.54. The zero-order valence-electron chi connectivity index (χ0n) is 12.4. The third-order valence-electron chi connectivity index (χ3n) is 3.22. The van der Waals surface area contributed by atoms with Crippen LogP contribution in [0, 0.1) is 0 Å². The first-order chi connectivity index (χ1) is 11.6. The molecule has 0 aliphatic carbocycles. The number of carbonyl (C=O) groups excluding carboxylic acids is 1. The fourth-order valence-corrected chi connectivity index (χ4v) is 2.51. The topological polar surface area (TPSA) is 81.9 Å². The van der Waals surface area contributed by atoms with Gasteiger partial charge in [0.05, 0.1) is 28.4 Å².